The number of hydrogen-bond donors (Lipinski definition) is 1. The van der Waals surface area contributed by atoms with Crippen molar-refractivity contribution in [3.63, 3.8) is 0 Å². The molecule has 0 saturated carbocycles. The van der Waals surface area contributed by atoms with Crippen LogP contribution in [0.3, 0.4) is 0 Å². The molecule has 1 atom stereocenters. The maximum absolute atomic E-state index is 12.8. The third-order valence-electron chi connectivity index (χ3n) is 2.61. The molecule has 1 N–H and O–H groups in total. The summed E-state index contributed by atoms with van der Waals surface area (Å²) in [6.45, 7) is 3.56. The Bertz CT molecular complexity index is 500. The molecule has 2 nitrogen and oxygen atoms in total. The van der Waals surface area contributed by atoms with E-state index in [-0.39, 0.29) is 5.92 Å². The second-order valence-corrected chi connectivity index (χ2v) is 4.41. The van der Waals surface area contributed by atoms with Crippen LogP contribution in [-0.4, -0.2) is 11.9 Å². The van der Waals surface area contributed by atoms with Gasteiger partial charge in [-0.3, -0.25) is 4.79 Å². The summed E-state index contributed by atoms with van der Waals surface area (Å²) in [5.74, 6) is 1.47. The van der Waals surface area contributed by atoms with Crippen LogP contribution in [0, 0.1) is 18.3 Å². The minimum Gasteiger partial charge on any atom is -0.338 e. The van der Waals surface area contributed by atoms with Crippen molar-refractivity contribution in [1.82, 2.24) is 5.32 Å². The smallest absolute Gasteiger partial charge is 0.338 e. The molecule has 0 fully saturated rings. The van der Waals surface area contributed by atoms with E-state index in [1.165, 1.54) is 12.1 Å². The molecule has 19 heavy (non-hydrogen) atoms. The quantitative estimate of drug-likeness (QED) is 0.839. The molecule has 0 aliphatic carbocycles. The fourth-order valence-electron chi connectivity index (χ4n) is 1.55. The Morgan fingerprint density at radius 3 is 2.37 bits per heavy atom. The molecule has 1 rings (SSSR count). The average Bonchev–Trinajstić information content (AvgIpc) is 2.34. The van der Waals surface area contributed by atoms with Crippen LogP contribution < -0.4 is 5.32 Å². The van der Waals surface area contributed by atoms with Gasteiger partial charge in [-0.2, -0.15) is 13.2 Å². The van der Waals surface area contributed by atoms with E-state index in [4.69, 9.17) is 6.42 Å². The molecule has 1 aromatic rings. The number of halogens is 3. The zero-order chi connectivity index (χ0) is 14.6. The van der Waals surface area contributed by atoms with Gasteiger partial charge in [0.25, 0.3) is 5.91 Å². The number of alkyl halides is 3. The van der Waals surface area contributed by atoms with Crippen molar-refractivity contribution < 1.29 is 18.0 Å². The summed E-state index contributed by atoms with van der Waals surface area (Å²) in [7, 11) is 0. The predicted octanol–water partition coefficient (Wildman–Crippen LogP) is 3.09. The van der Waals surface area contributed by atoms with Gasteiger partial charge in [-0.15, -0.1) is 6.42 Å². The second kappa shape index (κ2) is 5.79. The van der Waals surface area contributed by atoms with Crippen molar-refractivity contribution in [3.8, 4) is 12.3 Å². The molecule has 102 valence electrons. The lowest BCUT2D eigenvalue weighted by Gasteiger charge is -2.18. The number of rotatable bonds is 3. The molecule has 1 amide bonds. The molecular weight excluding hydrogens is 255 g/mol. The topological polar surface area (TPSA) is 29.1 Å². The van der Waals surface area contributed by atoms with Crippen molar-refractivity contribution in [2.45, 2.75) is 26.1 Å². The van der Waals surface area contributed by atoms with Crippen molar-refractivity contribution in [1.29, 1.82) is 0 Å². The zero-order valence-electron chi connectivity index (χ0n) is 10.6. The van der Waals surface area contributed by atoms with E-state index in [1.807, 2.05) is 0 Å². The minimum atomic E-state index is -4.57. The van der Waals surface area contributed by atoms with Gasteiger partial charge in [-0.1, -0.05) is 31.9 Å². The molecule has 0 aliphatic heterocycles. The maximum atomic E-state index is 12.8. The Morgan fingerprint density at radius 2 is 1.89 bits per heavy atom. The predicted molar refractivity (Wildman–Crippen MR) is 66.4 cm³/mol. The number of amides is 1. The van der Waals surface area contributed by atoms with E-state index in [2.05, 4.69) is 11.2 Å². The van der Waals surface area contributed by atoms with Crippen LogP contribution in [0.15, 0.2) is 24.3 Å². The lowest BCUT2D eigenvalue weighted by Crippen LogP contribution is -2.38. The Labute approximate surface area is 110 Å². The van der Waals surface area contributed by atoms with Gasteiger partial charge in [0.1, 0.15) is 0 Å². The lowest BCUT2D eigenvalue weighted by molar-refractivity contribution is -0.137. The van der Waals surface area contributed by atoms with E-state index >= 15 is 0 Å². The van der Waals surface area contributed by atoms with Crippen LogP contribution in [0.1, 0.15) is 29.8 Å². The monoisotopic (exact) mass is 269 g/mol. The summed E-state index contributed by atoms with van der Waals surface area (Å²) in [5, 5.41) is 2.42. The first kappa shape index (κ1) is 15.1. The van der Waals surface area contributed by atoms with Gasteiger partial charge in [0.2, 0.25) is 0 Å². The highest BCUT2D eigenvalue weighted by Crippen LogP contribution is 2.31. The van der Waals surface area contributed by atoms with Gasteiger partial charge in [-0.05, 0) is 18.1 Å². The first-order chi connectivity index (χ1) is 8.77. The van der Waals surface area contributed by atoms with Gasteiger partial charge in [0.15, 0.2) is 0 Å². The lowest BCUT2D eigenvalue weighted by atomic mass is 10.0. The van der Waals surface area contributed by atoms with Crippen molar-refractivity contribution in [2.24, 2.45) is 5.92 Å². The highest BCUT2D eigenvalue weighted by atomic mass is 19.4. The van der Waals surface area contributed by atoms with Gasteiger partial charge in [0, 0.05) is 0 Å². The second-order valence-electron chi connectivity index (χ2n) is 4.41. The molecule has 0 radical (unpaired) electrons. The largest absolute Gasteiger partial charge is 0.417 e. The molecule has 5 heteroatoms. The van der Waals surface area contributed by atoms with Crippen LogP contribution in [0.25, 0.3) is 0 Å². The van der Waals surface area contributed by atoms with Crippen LogP contribution in [0.2, 0.25) is 0 Å². The molecule has 0 heterocycles. The van der Waals surface area contributed by atoms with Crippen LogP contribution in [0.5, 0.6) is 0 Å². The number of nitrogens with one attached hydrogen (secondary N) is 1. The highest BCUT2D eigenvalue weighted by Gasteiger charge is 2.35. The van der Waals surface area contributed by atoms with E-state index < -0.39 is 29.3 Å². The number of carbonyl (C=O) groups is 1. The molecule has 0 saturated heterocycles. The third kappa shape index (κ3) is 3.75. The van der Waals surface area contributed by atoms with Gasteiger partial charge in [0.05, 0.1) is 17.2 Å². The first-order valence-corrected chi connectivity index (χ1v) is 5.70. The van der Waals surface area contributed by atoms with Crippen LogP contribution in [-0.2, 0) is 6.18 Å². The Hall–Kier alpha value is -1.96. The highest BCUT2D eigenvalue weighted by molar-refractivity contribution is 5.96. The number of terminal acetylenes is 1. The van der Waals surface area contributed by atoms with E-state index in [0.717, 1.165) is 12.1 Å². The third-order valence-corrected chi connectivity index (χ3v) is 2.61. The molecule has 0 aliphatic rings. The summed E-state index contributed by atoms with van der Waals surface area (Å²) in [5.41, 5.74) is -1.39. The number of benzene rings is 1. The fraction of sp³-hybridized carbons (Fsp3) is 0.357. The molecule has 0 spiro atoms. The minimum absolute atomic E-state index is 0.0630. The van der Waals surface area contributed by atoms with E-state index in [0.29, 0.717) is 0 Å². The molecular formula is C14H14F3NO. The summed E-state index contributed by atoms with van der Waals surface area (Å²) in [6, 6.07) is 4.01. The Balaban J connectivity index is 3.05. The van der Waals surface area contributed by atoms with E-state index in [1.54, 1.807) is 13.8 Å². The van der Waals surface area contributed by atoms with E-state index in [9.17, 15) is 18.0 Å². The normalized spacial score (nSPS) is 12.9. The maximum Gasteiger partial charge on any atom is 0.417 e. The van der Waals surface area contributed by atoms with Crippen LogP contribution >= 0.6 is 0 Å². The summed E-state index contributed by atoms with van der Waals surface area (Å²) >= 11 is 0. The zero-order valence-corrected chi connectivity index (χ0v) is 10.6. The van der Waals surface area contributed by atoms with Crippen molar-refractivity contribution in [2.75, 3.05) is 0 Å². The van der Waals surface area contributed by atoms with Crippen molar-refractivity contribution in [3.05, 3.63) is 35.4 Å². The van der Waals surface area contributed by atoms with Gasteiger partial charge < -0.3 is 5.32 Å². The average molecular weight is 269 g/mol. The molecule has 0 bridgehead atoms. The van der Waals surface area contributed by atoms with Gasteiger partial charge >= 0.3 is 6.18 Å². The standard InChI is InChI=1S/C14H14F3NO/c1-4-12(9(2)3)18-13(19)10-7-5-6-8-11(10)14(15,16)17/h1,5-9,12H,2-3H3,(H,18,19). The SMILES string of the molecule is C#CC(NC(=O)c1ccccc1C(F)(F)F)C(C)C. The molecule has 1 unspecified atom stereocenters. The Kier molecular flexibility index (Phi) is 4.60. The molecule has 1 aromatic carbocycles. The van der Waals surface area contributed by atoms with Crippen molar-refractivity contribution >= 4 is 5.91 Å². The molecule has 0 aromatic heterocycles. The van der Waals surface area contributed by atoms with Gasteiger partial charge in [-0.25, -0.2) is 0 Å². The number of hydrogen-bond acceptors (Lipinski definition) is 1. The summed E-state index contributed by atoms with van der Waals surface area (Å²) < 4.78 is 38.3. The summed E-state index contributed by atoms with van der Waals surface area (Å²) in [6.07, 6.45) is 0.665. The Morgan fingerprint density at radius 1 is 1.32 bits per heavy atom. The fourth-order valence-corrected chi connectivity index (χ4v) is 1.55. The first-order valence-electron chi connectivity index (χ1n) is 5.70. The summed E-state index contributed by atoms with van der Waals surface area (Å²) in [4.78, 5) is 11.9. The van der Waals surface area contributed by atoms with Crippen LogP contribution in [0.4, 0.5) is 13.2 Å². The number of carbonyl (C=O) groups excluding carboxylic acids is 1.